The lowest BCUT2D eigenvalue weighted by Gasteiger charge is -2.35. The van der Waals surface area contributed by atoms with E-state index in [1.807, 2.05) is 18.9 Å². The van der Waals surface area contributed by atoms with Gasteiger partial charge in [-0.2, -0.15) is 0 Å². The molecule has 0 aliphatic carbocycles. The molecule has 6 nitrogen and oxygen atoms in total. The van der Waals surface area contributed by atoms with Crippen molar-refractivity contribution >= 4 is 5.91 Å². The third-order valence-corrected chi connectivity index (χ3v) is 4.02. The maximum absolute atomic E-state index is 11.9. The highest BCUT2D eigenvalue weighted by atomic mass is 16.3. The van der Waals surface area contributed by atoms with E-state index in [1.165, 1.54) is 0 Å². The number of nitrogens with zero attached hydrogens (tertiary/aromatic N) is 4. The molecule has 1 heterocycles. The fourth-order valence-corrected chi connectivity index (χ4v) is 2.44. The van der Waals surface area contributed by atoms with Crippen molar-refractivity contribution in [2.24, 2.45) is 0 Å². The maximum atomic E-state index is 11.9. The largest absolute Gasteiger partial charge is 0.390 e. The topological polar surface area (TPSA) is 50.3 Å². The minimum absolute atomic E-state index is 0.0688. The second-order valence-electron chi connectivity index (χ2n) is 6.11. The van der Waals surface area contributed by atoms with Gasteiger partial charge in [0.15, 0.2) is 0 Å². The second kappa shape index (κ2) is 7.93. The minimum Gasteiger partial charge on any atom is -0.390 e. The van der Waals surface area contributed by atoms with Gasteiger partial charge in [0.05, 0.1) is 12.1 Å². The van der Waals surface area contributed by atoms with Gasteiger partial charge in [-0.15, -0.1) is 0 Å². The van der Waals surface area contributed by atoms with Gasteiger partial charge in [-0.25, -0.2) is 0 Å². The van der Waals surface area contributed by atoms with Crippen molar-refractivity contribution in [3.05, 3.63) is 0 Å². The van der Waals surface area contributed by atoms with E-state index in [9.17, 15) is 9.90 Å². The number of rotatable bonds is 6. The number of carbonyl (C=O) groups is 1. The number of hydrogen-bond acceptors (Lipinski definition) is 5. The summed E-state index contributed by atoms with van der Waals surface area (Å²) in [6, 6.07) is -0.202. The van der Waals surface area contributed by atoms with Gasteiger partial charge in [-0.1, -0.05) is 0 Å². The Morgan fingerprint density at radius 3 is 2.25 bits per heavy atom. The van der Waals surface area contributed by atoms with E-state index in [4.69, 9.17) is 0 Å². The average molecular weight is 286 g/mol. The summed E-state index contributed by atoms with van der Waals surface area (Å²) >= 11 is 0. The first-order valence-electron chi connectivity index (χ1n) is 7.31. The summed E-state index contributed by atoms with van der Waals surface area (Å²) in [6.45, 7) is 7.20. The highest BCUT2D eigenvalue weighted by Gasteiger charge is 2.23. The van der Waals surface area contributed by atoms with Gasteiger partial charge in [0.1, 0.15) is 0 Å². The van der Waals surface area contributed by atoms with Gasteiger partial charge in [0, 0.05) is 53.4 Å². The molecule has 1 aliphatic heterocycles. The van der Waals surface area contributed by atoms with Gasteiger partial charge in [0.2, 0.25) is 5.91 Å². The van der Waals surface area contributed by atoms with Gasteiger partial charge in [-0.05, 0) is 21.0 Å². The third-order valence-electron chi connectivity index (χ3n) is 4.02. The molecule has 0 aromatic carbocycles. The zero-order valence-electron chi connectivity index (χ0n) is 13.5. The lowest BCUT2D eigenvalue weighted by Crippen LogP contribution is -2.50. The summed E-state index contributed by atoms with van der Waals surface area (Å²) in [5, 5.41) is 10.2. The van der Waals surface area contributed by atoms with Crippen molar-refractivity contribution in [2.45, 2.75) is 19.1 Å². The van der Waals surface area contributed by atoms with Crippen LogP contribution in [0, 0.1) is 0 Å². The van der Waals surface area contributed by atoms with E-state index in [0.717, 1.165) is 26.2 Å². The molecular weight excluding hydrogens is 256 g/mol. The number of piperazine rings is 1. The maximum Gasteiger partial charge on any atom is 0.239 e. The lowest BCUT2D eigenvalue weighted by atomic mass is 10.2. The number of β-amino-alcohol motifs (C(OH)–C–C–N with tert-alkyl or cyclic N) is 1. The first kappa shape index (κ1) is 17.4. The number of aliphatic hydroxyl groups is 1. The number of aliphatic hydroxyl groups excluding tert-OH is 1. The summed E-state index contributed by atoms with van der Waals surface area (Å²) < 4.78 is 0. The second-order valence-corrected chi connectivity index (χ2v) is 6.11. The molecule has 0 bridgehead atoms. The Morgan fingerprint density at radius 2 is 1.75 bits per heavy atom. The average Bonchev–Trinajstić information content (AvgIpc) is 2.39. The Labute approximate surface area is 122 Å². The van der Waals surface area contributed by atoms with Gasteiger partial charge in [0.25, 0.3) is 0 Å². The number of carbonyl (C=O) groups excluding carboxylic acids is 1. The third kappa shape index (κ3) is 5.36. The predicted molar refractivity (Wildman–Crippen MR) is 80.7 cm³/mol. The molecule has 0 radical (unpaired) electrons. The molecule has 20 heavy (non-hydrogen) atoms. The van der Waals surface area contributed by atoms with Crippen LogP contribution >= 0.6 is 0 Å². The summed E-state index contributed by atoms with van der Waals surface area (Å²) in [7, 11) is 7.52. The molecule has 0 aromatic rings. The predicted octanol–water partition coefficient (Wildman–Crippen LogP) is -0.997. The SMILES string of the molecule is CC(C(=O)N(C)C)N(C)CC(O)CN1CCN(C)CC1. The van der Waals surface area contributed by atoms with Crippen LogP contribution < -0.4 is 0 Å². The van der Waals surface area contributed by atoms with E-state index in [0.29, 0.717) is 13.1 Å². The van der Waals surface area contributed by atoms with Crippen molar-refractivity contribution in [1.82, 2.24) is 19.6 Å². The van der Waals surface area contributed by atoms with Crippen LogP contribution in [0.15, 0.2) is 0 Å². The summed E-state index contributed by atoms with van der Waals surface area (Å²) in [5.41, 5.74) is 0. The molecule has 1 N–H and O–H groups in total. The van der Waals surface area contributed by atoms with Crippen LogP contribution in [0.25, 0.3) is 0 Å². The van der Waals surface area contributed by atoms with Crippen molar-refractivity contribution in [1.29, 1.82) is 0 Å². The van der Waals surface area contributed by atoms with Crippen LogP contribution in [0.1, 0.15) is 6.92 Å². The van der Waals surface area contributed by atoms with Crippen molar-refractivity contribution in [3.63, 3.8) is 0 Å². The molecule has 6 heteroatoms. The van der Waals surface area contributed by atoms with Crippen molar-refractivity contribution < 1.29 is 9.90 Å². The van der Waals surface area contributed by atoms with E-state index in [-0.39, 0.29) is 11.9 Å². The Balaban J connectivity index is 2.34. The van der Waals surface area contributed by atoms with Gasteiger partial charge in [-0.3, -0.25) is 14.6 Å². The first-order valence-corrected chi connectivity index (χ1v) is 7.31. The molecule has 1 rings (SSSR count). The molecule has 2 unspecified atom stereocenters. The molecule has 1 saturated heterocycles. The molecule has 0 aromatic heterocycles. The van der Waals surface area contributed by atoms with Gasteiger partial charge >= 0.3 is 0 Å². The fourth-order valence-electron chi connectivity index (χ4n) is 2.44. The van der Waals surface area contributed by atoms with E-state index < -0.39 is 6.10 Å². The minimum atomic E-state index is -0.416. The zero-order chi connectivity index (χ0) is 15.3. The monoisotopic (exact) mass is 286 g/mol. The van der Waals surface area contributed by atoms with Crippen molar-refractivity contribution in [2.75, 3.05) is 67.5 Å². The van der Waals surface area contributed by atoms with E-state index in [1.54, 1.807) is 19.0 Å². The molecule has 0 saturated carbocycles. The van der Waals surface area contributed by atoms with Crippen LogP contribution in [-0.2, 0) is 4.79 Å². The van der Waals surface area contributed by atoms with Crippen LogP contribution in [0.4, 0.5) is 0 Å². The van der Waals surface area contributed by atoms with E-state index in [2.05, 4.69) is 16.8 Å². The number of hydrogen-bond donors (Lipinski definition) is 1. The summed E-state index contributed by atoms with van der Waals surface area (Å²) in [6.07, 6.45) is -0.416. The number of likely N-dealkylation sites (N-methyl/N-ethyl adjacent to an activating group) is 3. The highest BCUT2D eigenvalue weighted by molar-refractivity contribution is 5.80. The summed E-state index contributed by atoms with van der Waals surface area (Å²) in [5.74, 6) is 0.0688. The van der Waals surface area contributed by atoms with E-state index >= 15 is 0 Å². The fraction of sp³-hybridized carbons (Fsp3) is 0.929. The highest BCUT2D eigenvalue weighted by Crippen LogP contribution is 2.04. The zero-order valence-corrected chi connectivity index (χ0v) is 13.5. The molecular formula is C14H30N4O2. The van der Waals surface area contributed by atoms with Crippen LogP contribution in [0.2, 0.25) is 0 Å². The quantitative estimate of drug-likeness (QED) is 0.679. The Morgan fingerprint density at radius 1 is 1.20 bits per heavy atom. The van der Waals surface area contributed by atoms with Crippen LogP contribution in [0.5, 0.6) is 0 Å². The Kier molecular flexibility index (Phi) is 6.88. The molecule has 0 spiro atoms. The molecule has 2 atom stereocenters. The Bertz CT molecular complexity index is 304. The van der Waals surface area contributed by atoms with Gasteiger partial charge < -0.3 is 14.9 Å². The first-order chi connectivity index (χ1) is 9.31. The smallest absolute Gasteiger partial charge is 0.239 e. The van der Waals surface area contributed by atoms with Crippen LogP contribution in [0.3, 0.4) is 0 Å². The number of amides is 1. The Hall–Kier alpha value is -0.690. The molecule has 1 fully saturated rings. The normalized spacial score (nSPS) is 20.9. The van der Waals surface area contributed by atoms with Crippen molar-refractivity contribution in [3.8, 4) is 0 Å². The lowest BCUT2D eigenvalue weighted by molar-refractivity contribution is -0.133. The van der Waals surface area contributed by atoms with Crippen LogP contribution in [-0.4, -0.2) is 110 Å². The molecule has 1 amide bonds. The molecule has 1 aliphatic rings. The molecule has 118 valence electrons. The summed E-state index contributed by atoms with van der Waals surface area (Å²) in [4.78, 5) is 20.0. The standard InChI is InChI=1S/C14H30N4O2/c1-12(14(20)15(2)3)17(5)10-13(19)11-18-8-6-16(4)7-9-18/h12-13,19H,6-11H2,1-5H3.